The summed E-state index contributed by atoms with van der Waals surface area (Å²) in [5.74, 6) is 0.237. The first-order valence-electron chi connectivity index (χ1n) is 18.2. The average Bonchev–Trinajstić information content (AvgIpc) is 3.37. The molecule has 0 spiro atoms. The minimum absolute atomic E-state index is 0.405. The van der Waals surface area contributed by atoms with Crippen LogP contribution in [0, 0.1) is 33.6 Å². The standard InChI is InChI=1S/C44H52N2O2/c1-8-10-16-33(9-2)27-46-42-21-20-34(43(45-48-32(7)47)36-17-12-11-15-29(36)4)24-40(42)41-26-35(37-18-13-14-19-38(37)44(41)46)25-39-30(5)22-28(3)23-31(39)6/h11-12,15,17-19,22-24,26,33H,8-10,13-14,16,20-21,25,27H2,1-7H3. The molecule has 2 aliphatic rings. The van der Waals surface area contributed by atoms with Gasteiger partial charge in [-0.15, -0.1) is 0 Å². The molecule has 1 aromatic heterocycles. The summed E-state index contributed by atoms with van der Waals surface area (Å²) in [6.07, 6.45) is 17.2. The lowest BCUT2D eigenvalue weighted by Crippen LogP contribution is -2.33. The molecular weight excluding hydrogens is 588 g/mol. The third-order valence-electron chi connectivity index (χ3n) is 10.6. The fraction of sp³-hybridized carbons (Fsp3) is 0.409. The molecule has 4 aromatic rings. The van der Waals surface area contributed by atoms with Crippen molar-refractivity contribution in [2.75, 3.05) is 0 Å². The van der Waals surface area contributed by atoms with Crippen molar-refractivity contribution in [3.63, 3.8) is 0 Å². The molecule has 0 saturated heterocycles. The molecule has 0 fully saturated rings. The van der Waals surface area contributed by atoms with E-state index < -0.39 is 5.97 Å². The van der Waals surface area contributed by atoms with Crippen LogP contribution in [0.3, 0.4) is 0 Å². The Kier molecular flexibility index (Phi) is 10.2. The largest absolute Gasteiger partial charge is 0.343 e. The molecule has 1 atom stereocenters. The van der Waals surface area contributed by atoms with Crippen LogP contribution in [0.2, 0.25) is 0 Å². The monoisotopic (exact) mass is 640 g/mol. The molecular formula is C44H52N2O2. The number of allylic oxidation sites excluding steroid dienone is 1. The molecule has 0 aliphatic heterocycles. The van der Waals surface area contributed by atoms with E-state index in [0.29, 0.717) is 5.92 Å². The smallest absolute Gasteiger partial charge is 0.332 e. The van der Waals surface area contributed by atoms with Crippen LogP contribution in [-0.4, -0.2) is 16.2 Å². The number of carbonyl (C=O) groups is 1. The van der Waals surface area contributed by atoms with Gasteiger partial charge in [0.25, 0.3) is 0 Å². The summed E-state index contributed by atoms with van der Waals surface area (Å²) >= 11 is 0. The van der Waals surface area contributed by atoms with Crippen LogP contribution in [0.15, 0.2) is 53.2 Å². The van der Waals surface area contributed by atoms with E-state index in [1.54, 1.807) is 0 Å². The summed E-state index contributed by atoms with van der Waals surface area (Å²) in [4.78, 5) is 17.3. The lowest BCUT2D eigenvalue weighted by molar-refractivity contribution is -0.140. The molecule has 0 amide bonds. The van der Waals surface area contributed by atoms with E-state index in [9.17, 15) is 4.79 Å². The van der Waals surface area contributed by atoms with Gasteiger partial charge in [-0.25, -0.2) is 4.79 Å². The van der Waals surface area contributed by atoms with Crippen molar-refractivity contribution in [1.29, 1.82) is 0 Å². The predicted octanol–water partition coefficient (Wildman–Crippen LogP) is 9.33. The Balaban J connectivity index is 1.61. The first kappa shape index (κ1) is 33.7. The van der Waals surface area contributed by atoms with Crippen LogP contribution in [0.4, 0.5) is 0 Å². The van der Waals surface area contributed by atoms with Crippen molar-refractivity contribution < 1.29 is 9.63 Å². The van der Waals surface area contributed by atoms with Gasteiger partial charge in [-0.1, -0.05) is 92.4 Å². The van der Waals surface area contributed by atoms with Crippen LogP contribution in [0.25, 0.3) is 29.1 Å². The minimum Gasteiger partial charge on any atom is -0.343 e. The van der Waals surface area contributed by atoms with Gasteiger partial charge in [0.15, 0.2) is 0 Å². The number of oxime groups is 1. The zero-order valence-electron chi connectivity index (χ0n) is 30.1. The van der Waals surface area contributed by atoms with Gasteiger partial charge in [0.2, 0.25) is 0 Å². The number of hydrogen-bond donors (Lipinski definition) is 0. The average molecular weight is 641 g/mol. The highest BCUT2D eigenvalue weighted by atomic mass is 16.7. The van der Waals surface area contributed by atoms with Crippen molar-refractivity contribution in [1.82, 2.24) is 4.57 Å². The molecule has 48 heavy (non-hydrogen) atoms. The number of aromatic nitrogens is 1. The number of carbonyl (C=O) groups excluding carboxylic acids is 1. The topological polar surface area (TPSA) is 43.6 Å². The molecule has 0 saturated carbocycles. The van der Waals surface area contributed by atoms with Gasteiger partial charge in [-0.2, -0.15) is 0 Å². The number of unbranched alkanes of at least 4 members (excludes halogenated alkanes) is 1. The first-order chi connectivity index (χ1) is 23.2. The van der Waals surface area contributed by atoms with Crippen LogP contribution < -0.4 is 10.4 Å². The summed E-state index contributed by atoms with van der Waals surface area (Å²) in [6.45, 7) is 15.9. The Labute approximate surface area is 286 Å². The molecule has 0 radical (unpaired) electrons. The van der Waals surface area contributed by atoms with E-state index in [1.807, 2.05) is 12.1 Å². The zero-order chi connectivity index (χ0) is 33.9. The van der Waals surface area contributed by atoms with Crippen molar-refractivity contribution in [3.8, 4) is 0 Å². The second kappa shape index (κ2) is 14.5. The highest BCUT2D eigenvalue weighted by Gasteiger charge is 2.27. The zero-order valence-corrected chi connectivity index (χ0v) is 30.1. The maximum atomic E-state index is 12.0. The maximum Gasteiger partial charge on any atom is 0.332 e. The number of fused-ring (bicyclic) bond motifs is 5. The predicted molar refractivity (Wildman–Crippen MR) is 202 cm³/mol. The number of nitrogens with zero attached hydrogens (tertiary/aromatic N) is 2. The van der Waals surface area contributed by atoms with Crippen molar-refractivity contribution in [2.24, 2.45) is 11.1 Å². The minimum atomic E-state index is -0.405. The highest BCUT2D eigenvalue weighted by Crippen LogP contribution is 2.36. The van der Waals surface area contributed by atoms with Crippen molar-refractivity contribution in [3.05, 3.63) is 109 Å². The summed E-state index contributed by atoms with van der Waals surface area (Å²) < 4.78 is 2.71. The second-order valence-corrected chi connectivity index (χ2v) is 14.2. The lowest BCUT2D eigenvalue weighted by Gasteiger charge is -2.22. The molecule has 4 heteroatoms. The van der Waals surface area contributed by atoms with Gasteiger partial charge >= 0.3 is 5.97 Å². The van der Waals surface area contributed by atoms with Gasteiger partial charge in [-0.05, 0) is 123 Å². The van der Waals surface area contributed by atoms with Crippen molar-refractivity contribution >= 4 is 40.8 Å². The Morgan fingerprint density at radius 1 is 0.938 bits per heavy atom. The Morgan fingerprint density at radius 2 is 1.67 bits per heavy atom. The number of rotatable bonds is 11. The number of benzene rings is 3. The van der Waals surface area contributed by atoms with Gasteiger partial charge in [0, 0.05) is 40.9 Å². The molecule has 4 nitrogen and oxygen atoms in total. The SMILES string of the molecule is CCCCC(CC)Cn1c2c(c3cc(Cc4c(C)cc(C)cc4C)c4c(c31)=CCCC=4)C=C(C(=NOC(C)=O)c1ccccc1C)CC2. The summed E-state index contributed by atoms with van der Waals surface area (Å²) in [5, 5.41) is 8.66. The van der Waals surface area contributed by atoms with Crippen LogP contribution in [0.1, 0.15) is 116 Å². The molecule has 1 heterocycles. The Bertz CT molecular complexity index is 2030. The molecule has 250 valence electrons. The van der Waals surface area contributed by atoms with E-state index in [2.05, 4.69) is 99.8 Å². The lowest BCUT2D eigenvalue weighted by atomic mass is 9.87. The normalized spacial score (nSPS) is 14.9. The summed E-state index contributed by atoms with van der Waals surface area (Å²) in [5.41, 5.74) is 15.0. The molecule has 2 aliphatic carbocycles. The van der Waals surface area contributed by atoms with Gasteiger partial charge < -0.3 is 9.40 Å². The quantitative estimate of drug-likeness (QED) is 0.0932. The molecule has 0 bridgehead atoms. The second-order valence-electron chi connectivity index (χ2n) is 14.2. The summed E-state index contributed by atoms with van der Waals surface area (Å²) in [6, 6.07) is 15.4. The van der Waals surface area contributed by atoms with Crippen LogP contribution in [-0.2, 0) is 29.0 Å². The molecule has 1 unspecified atom stereocenters. The van der Waals surface area contributed by atoms with E-state index in [-0.39, 0.29) is 0 Å². The van der Waals surface area contributed by atoms with Gasteiger partial charge in [0.1, 0.15) is 5.71 Å². The number of hydrogen-bond acceptors (Lipinski definition) is 3. The van der Waals surface area contributed by atoms with E-state index in [1.165, 1.54) is 93.0 Å². The Hall–Kier alpha value is -4.18. The van der Waals surface area contributed by atoms with E-state index >= 15 is 0 Å². The van der Waals surface area contributed by atoms with Gasteiger partial charge in [0.05, 0.1) is 5.52 Å². The van der Waals surface area contributed by atoms with E-state index in [0.717, 1.165) is 61.1 Å². The Morgan fingerprint density at radius 3 is 2.35 bits per heavy atom. The van der Waals surface area contributed by atoms with Crippen LogP contribution >= 0.6 is 0 Å². The third-order valence-corrected chi connectivity index (χ3v) is 10.6. The molecule has 6 rings (SSSR count). The number of aryl methyl sites for hydroxylation is 4. The highest BCUT2D eigenvalue weighted by molar-refractivity contribution is 6.16. The summed E-state index contributed by atoms with van der Waals surface area (Å²) in [7, 11) is 0. The van der Waals surface area contributed by atoms with Crippen LogP contribution in [0.5, 0.6) is 0 Å². The van der Waals surface area contributed by atoms with Gasteiger partial charge in [-0.3, -0.25) is 0 Å². The first-order valence-corrected chi connectivity index (χ1v) is 18.2. The maximum absolute atomic E-state index is 12.0. The third kappa shape index (κ3) is 6.72. The van der Waals surface area contributed by atoms with Crippen molar-refractivity contribution in [2.45, 2.75) is 113 Å². The van der Waals surface area contributed by atoms with E-state index in [4.69, 9.17) is 4.84 Å². The fourth-order valence-corrected chi connectivity index (χ4v) is 8.15. The molecule has 0 N–H and O–H groups in total. The molecule has 3 aromatic carbocycles. The fourth-order valence-electron chi connectivity index (χ4n) is 8.15.